The van der Waals surface area contributed by atoms with E-state index in [1.165, 1.54) is 0 Å². The van der Waals surface area contributed by atoms with Crippen molar-refractivity contribution in [3.05, 3.63) is 30.3 Å². The number of carbonyl (C=O) groups is 1. The van der Waals surface area contributed by atoms with Crippen LogP contribution in [0.4, 0.5) is 5.69 Å². The molecule has 1 fully saturated rings. The molecule has 1 amide bonds. The number of nitrogens with two attached hydrogens (primary N) is 1. The van der Waals surface area contributed by atoms with E-state index in [0.29, 0.717) is 5.92 Å². The summed E-state index contributed by atoms with van der Waals surface area (Å²) in [6.45, 7) is 4.66. The van der Waals surface area contributed by atoms with Gasteiger partial charge in [0.15, 0.2) is 0 Å². The van der Waals surface area contributed by atoms with Gasteiger partial charge >= 0.3 is 0 Å². The lowest BCUT2D eigenvalue weighted by Gasteiger charge is -2.34. The molecule has 1 aliphatic rings. The fourth-order valence-corrected chi connectivity index (χ4v) is 2.51. The Morgan fingerprint density at radius 2 is 2.00 bits per heavy atom. The molecule has 1 heterocycles. The lowest BCUT2D eigenvalue weighted by molar-refractivity contribution is -0.121. The number of benzene rings is 1. The van der Waals surface area contributed by atoms with E-state index in [1.54, 1.807) is 0 Å². The number of carbonyl (C=O) groups excluding carboxylic acids is 1. The summed E-state index contributed by atoms with van der Waals surface area (Å²) in [5, 5.41) is 2.96. The minimum atomic E-state index is -0.0843. The van der Waals surface area contributed by atoms with Crippen LogP contribution in [0.1, 0.15) is 19.8 Å². The van der Waals surface area contributed by atoms with Gasteiger partial charge in [-0.3, -0.25) is 9.69 Å². The zero-order valence-corrected chi connectivity index (χ0v) is 11.5. The number of nitrogens with zero attached hydrogens (tertiary/aromatic N) is 1. The van der Waals surface area contributed by atoms with Crippen molar-refractivity contribution in [2.24, 2.45) is 11.7 Å². The third kappa shape index (κ3) is 3.78. The molecule has 0 saturated carbocycles. The van der Waals surface area contributed by atoms with Crippen LogP contribution in [0.2, 0.25) is 0 Å². The van der Waals surface area contributed by atoms with Crippen molar-refractivity contribution in [3.8, 4) is 0 Å². The topological polar surface area (TPSA) is 58.4 Å². The number of hydrogen-bond acceptors (Lipinski definition) is 3. The summed E-state index contributed by atoms with van der Waals surface area (Å²) in [6.07, 6.45) is 2.19. The molecule has 0 spiro atoms. The van der Waals surface area contributed by atoms with Gasteiger partial charge in [-0.2, -0.15) is 0 Å². The molecule has 0 aliphatic carbocycles. The van der Waals surface area contributed by atoms with Crippen molar-refractivity contribution in [1.82, 2.24) is 4.90 Å². The average Bonchev–Trinajstić information content (AvgIpc) is 2.47. The van der Waals surface area contributed by atoms with Gasteiger partial charge in [0, 0.05) is 5.69 Å². The molecule has 1 saturated heterocycles. The minimum absolute atomic E-state index is 0.0670. The molecule has 3 N–H and O–H groups in total. The molecule has 104 valence electrons. The summed E-state index contributed by atoms with van der Waals surface area (Å²) in [6, 6.07) is 9.52. The second-order valence-corrected chi connectivity index (χ2v) is 5.25. The van der Waals surface area contributed by atoms with Crippen molar-refractivity contribution in [3.63, 3.8) is 0 Å². The van der Waals surface area contributed by atoms with Crippen LogP contribution in [0.25, 0.3) is 0 Å². The average molecular weight is 261 g/mol. The Bertz CT molecular complexity index is 399. The maximum atomic E-state index is 12.2. The van der Waals surface area contributed by atoms with Crippen molar-refractivity contribution in [2.45, 2.75) is 25.8 Å². The number of para-hydroxylation sites is 1. The molecule has 1 unspecified atom stereocenters. The molecule has 0 radical (unpaired) electrons. The number of hydrogen-bond donors (Lipinski definition) is 2. The Kier molecular flexibility index (Phi) is 4.93. The van der Waals surface area contributed by atoms with E-state index in [-0.39, 0.29) is 11.9 Å². The molecule has 1 aromatic rings. The van der Waals surface area contributed by atoms with E-state index in [0.717, 1.165) is 38.2 Å². The van der Waals surface area contributed by atoms with Gasteiger partial charge in [0.25, 0.3) is 0 Å². The van der Waals surface area contributed by atoms with Crippen LogP contribution in [0.15, 0.2) is 30.3 Å². The third-order valence-corrected chi connectivity index (χ3v) is 3.95. The Morgan fingerprint density at radius 1 is 1.37 bits per heavy atom. The van der Waals surface area contributed by atoms with Gasteiger partial charge < -0.3 is 11.1 Å². The highest BCUT2D eigenvalue weighted by Crippen LogP contribution is 2.18. The molecule has 2 rings (SSSR count). The number of anilines is 1. The Morgan fingerprint density at radius 3 is 2.58 bits per heavy atom. The number of piperidine rings is 1. The van der Waals surface area contributed by atoms with Crippen LogP contribution in [0.3, 0.4) is 0 Å². The van der Waals surface area contributed by atoms with Gasteiger partial charge in [-0.15, -0.1) is 0 Å². The van der Waals surface area contributed by atoms with E-state index in [4.69, 9.17) is 5.73 Å². The summed E-state index contributed by atoms with van der Waals surface area (Å²) < 4.78 is 0. The zero-order chi connectivity index (χ0) is 13.7. The lowest BCUT2D eigenvalue weighted by Crippen LogP contribution is -2.46. The first-order valence-corrected chi connectivity index (χ1v) is 7.00. The smallest absolute Gasteiger partial charge is 0.241 e. The molecule has 4 heteroatoms. The largest absolute Gasteiger partial charge is 0.330 e. The maximum absolute atomic E-state index is 12.2. The molecule has 0 bridgehead atoms. The van der Waals surface area contributed by atoms with E-state index < -0.39 is 0 Å². The third-order valence-electron chi connectivity index (χ3n) is 3.95. The van der Waals surface area contributed by atoms with Gasteiger partial charge in [-0.05, 0) is 57.5 Å². The highest BCUT2D eigenvalue weighted by Gasteiger charge is 2.25. The van der Waals surface area contributed by atoms with Gasteiger partial charge in [0.2, 0.25) is 5.91 Å². The molecule has 4 nitrogen and oxygen atoms in total. The number of rotatable bonds is 4. The standard InChI is InChI=1S/C15H23N3O/c1-12(18-9-7-13(11-16)8-10-18)15(19)17-14-5-3-2-4-6-14/h2-6,12-13H,7-11,16H2,1H3,(H,17,19). The normalized spacial score (nSPS) is 19.1. The summed E-state index contributed by atoms with van der Waals surface area (Å²) in [4.78, 5) is 14.4. The van der Waals surface area contributed by atoms with E-state index in [1.807, 2.05) is 37.3 Å². The van der Waals surface area contributed by atoms with Crippen molar-refractivity contribution in [2.75, 3.05) is 25.0 Å². The summed E-state index contributed by atoms with van der Waals surface area (Å²) in [5.74, 6) is 0.693. The predicted molar refractivity (Wildman–Crippen MR) is 77.9 cm³/mol. The Labute approximate surface area is 115 Å². The number of likely N-dealkylation sites (tertiary alicyclic amines) is 1. The van der Waals surface area contributed by atoms with Gasteiger partial charge in [0.05, 0.1) is 6.04 Å². The molecular formula is C15H23N3O. The van der Waals surface area contributed by atoms with Crippen LogP contribution >= 0.6 is 0 Å². The van der Waals surface area contributed by atoms with Gasteiger partial charge in [-0.25, -0.2) is 0 Å². The molecule has 1 aromatic carbocycles. The lowest BCUT2D eigenvalue weighted by atomic mass is 9.96. The second-order valence-electron chi connectivity index (χ2n) is 5.25. The monoisotopic (exact) mass is 261 g/mol. The van der Waals surface area contributed by atoms with Crippen LogP contribution < -0.4 is 11.1 Å². The van der Waals surface area contributed by atoms with Gasteiger partial charge in [-0.1, -0.05) is 18.2 Å². The zero-order valence-electron chi connectivity index (χ0n) is 11.5. The van der Waals surface area contributed by atoms with E-state index in [9.17, 15) is 4.79 Å². The molecule has 1 aliphatic heterocycles. The first kappa shape index (κ1) is 14.0. The fraction of sp³-hybridized carbons (Fsp3) is 0.533. The van der Waals surface area contributed by atoms with Crippen molar-refractivity contribution >= 4 is 11.6 Å². The summed E-state index contributed by atoms with van der Waals surface area (Å²) in [7, 11) is 0. The van der Waals surface area contributed by atoms with Crippen LogP contribution in [0.5, 0.6) is 0 Å². The van der Waals surface area contributed by atoms with E-state index >= 15 is 0 Å². The molecular weight excluding hydrogens is 238 g/mol. The predicted octanol–water partition coefficient (Wildman–Crippen LogP) is 1.68. The number of nitrogens with one attached hydrogen (secondary N) is 1. The first-order chi connectivity index (χ1) is 9.20. The van der Waals surface area contributed by atoms with Crippen LogP contribution in [-0.4, -0.2) is 36.5 Å². The first-order valence-electron chi connectivity index (χ1n) is 7.00. The highest BCUT2D eigenvalue weighted by atomic mass is 16.2. The minimum Gasteiger partial charge on any atom is -0.330 e. The Hall–Kier alpha value is -1.39. The Balaban J connectivity index is 1.86. The highest BCUT2D eigenvalue weighted by molar-refractivity contribution is 5.94. The summed E-state index contributed by atoms with van der Waals surface area (Å²) in [5.41, 5.74) is 6.55. The van der Waals surface area contributed by atoms with Crippen molar-refractivity contribution < 1.29 is 4.79 Å². The van der Waals surface area contributed by atoms with Crippen LogP contribution in [-0.2, 0) is 4.79 Å². The van der Waals surface area contributed by atoms with Gasteiger partial charge in [0.1, 0.15) is 0 Å². The SMILES string of the molecule is CC(C(=O)Nc1ccccc1)N1CCC(CN)CC1. The molecule has 1 atom stereocenters. The van der Waals surface area contributed by atoms with Crippen LogP contribution in [0, 0.1) is 5.92 Å². The number of amides is 1. The fourth-order valence-electron chi connectivity index (χ4n) is 2.51. The molecule has 0 aromatic heterocycles. The molecule has 19 heavy (non-hydrogen) atoms. The van der Waals surface area contributed by atoms with Crippen molar-refractivity contribution in [1.29, 1.82) is 0 Å². The maximum Gasteiger partial charge on any atom is 0.241 e. The second kappa shape index (κ2) is 6.68. The quantitative estimate of drug-likeness (QED) is 0.867. The summed E-state index contributed by atoms with van der Waals surface area (Å²) >= 11 is 0. The van der Waals surface area contributed by atoms with E-state index in [2.05, 4.69) is 10.2 Å².